The lowest BCUT2D eigenvalue weighted by molar-refractivity contribution is 0.425. The van der Waals surface area contributed by atoms with Gasteiger partial charge < -0.3 is 4.52 Å². The first-order chi connectivity index (χ1) is 11.8. The van der Waals surface area contributed by atoms with Crippen molar-refractivity contribution in [2.24, 2.45) is 0 Å². The van der Waals surface area contributed by atoms with Crippen LogP contribution in [-0.2, 0) is 10.0 Å². The molecule has 0 unspecified atom stereocenters. The number of nitrogens with one attached hydrogen (secondary N) is 1. The highest BCUT2D eigenvalue weighted by Crippen LogP contribution is 2.24. The van der Waals surface area contributed by atoms with Crippen LogP contribution in [0.4, 0.5) is 5.69 Å². The van der Waals surface area contributed by atoms with E-state index in [-0.39, 0.29) is 4.90 Å². The molecule has 2 aromatic carbocycles. The molecule has 0 saturated carbocycles. The molecule has 0 amide bonds. The molecule has 0 atom stereocenters. The standard InChI is InChI=1S/C18H19N3O3S/c1-12(2)14-7-9-17(10-8-14)25(22,23)21-16-6-4-5-15(11-16)18-19-13(3)20-24-18/h4-12,21H,1-3H3. The number of hydrogen-bond acceptors (Lipinski definition) is 5. The van der Waals surface area contributed by atoms with E-state index in [0.29, 0.717) is 28.9 Å². The Labute approximate surface area is 147 Å². The van der Waals surface area contributed by atoms with E-state index < -0.39 is 10.0 Å². The van der Waals surface area contributed by atoms with Gasteiger partial charge in [-0.2, -0.15) is 4.98 Å². The van der Waals surface area contributed by atoms with Crippen LogP contribution in [0.25, 0.3) is 11.5 Å². The van der Waals surface area contributed by atoms with Crippen LogP contribution in [0.1, 0.15) is 31.2 Å². The van der Waals surface area contributed by atoms with Crippen molar-refractivity contribution in [1.29, 1.82) is 0 Å². The molecule has 3 aromatic rings. The molecule has 0 fully saturated rings. The molecule has 6 nitrogen and oxygen atoms in total. The van der Waals surface area contributed by atoms with Crippen LogP contribution in [0.15, 0.2) is 57.9 Å². The van der Waals surface area contributed by atoms with Crippen LogP contribution >= 0.6 is 0 Å². The monoisotopic (exact) mass is 357 g/mol. The summed E-state index contributed by atoms with van der Waals surface area (Å²) in [6, 6.07) is 13.7. The number of anilines is 1. The molecule has 0 aliphatic heterocycles. The van der Waals surface area contributed by atoms with Gasteiger partial charge >= 0.3 is 0 Å². The number of sulfonamides is 1. The summed E-state index contributed by atoms with van der Waals surface area (Å²) in [5.41, 5.74) is 2.17. The third-order valence-corrected chi connectivity index (χ3v) is 5.14. The number of rotatable bonds is 5. The van der Waals surface area contributed by atoms with Crippen molar-refractivity contribution >= 4 is 15.7 Å². The summed E-state index contributed by atoms with van der Waals surface area (Å²) in [7, 11) is -3.67. The van der Waals surface area contributed by atoms with Crippen molar-refractivity contribution < 1.29 is 12.9 Å². The summed E-state index contributed by atoms with van der Waals surface area (Å²) in [5.74, 6) is 1.21. The predicted molar refractivity (Wildman–Crippen MR) is 95.8 cm³/mol. The van der Waals surface area contributed by atoms with Crippen molar-refractivity contribution in [1.82, 2.24) is 10.1 Å². The summed E-state index contributed by atoms with van der Waals surface area (Å²) in [4.78, 5) is 4.37. The topological polar surface area (TPSA) is 85.1 Å². The molecule has 0 radical (unpaired) electrons. The molecule has 1 aromatic heterocycles. The van der Waals surface area contributed by atoms with Crippen molar-refractivity contribution in [2.45, 2.75) is 31.6 Å². The van der Waals surface area contributed by atoms with E-state index in [0.717, 1.165) is 5.56 Å². The second-order valence-electron chi connectivity index (χ2n) is 6.06. The summed E-state index contributed by atoms with van der Waals surface area (Å²) in [6.07, 6.45) is 0. The van der Waals surface area contributed by atoms with Gasteiger partial charge in [-0.1, -0.05) is 37.2 Å². The van der Waals surface area contributed by atoms with E-state index in [1.54, 1.807) is 43.3 Å². The van der Waals surface area contributed by atoms with Crippen LogP contribution in [-0.4, -0.2) is 18.6 Å². The predicted octanol–water partition coefficient (Wildman–Crippen LogP) is 3.97. The molecule has 25 heavy (non-hydrogen) atoms. The number of hydrogen-bond donors (Lipinski definition) is 1. The van der Waals surface area contributed by atoms with Crippen LogP contribution in [0, 0.1) is 6.92 Å². The molecule has 0 saturated heterocycles. The minimum absolute atomic E-state index is 0.218. The van der Waals surface area contributed by atoms with E-state index in [9.17, 15) is 8.42 Å². The first-order valence-electron chi connectivity index (χ1n) is 7.89. The lowest BCUT2D eigenvalue weighted by Crippen LogP contribution is -2.13. The smallest absolute Gasteiger partial charge is 0.261 e. The average molecular weight is 357 g/mol. The van der Waals surface area contributed by atoms with Crippen molar-refractivity contribution in [3.05, 3.63) is 59.9 Å². The highest BCUT2D eigenvalue weighted by Gasteiger charge is 2.15. The highest BCUT2D eigenvalue weighted by molar-refractivity contribution is 7.92. The van der Waals surface area contributed by atoms with Gasteiger partial charge in [0.15, 0.2) is 5.82 Å². The SMILES string of the molecule is Cc1noc(-c2cccc(NS(=O)(=O)c3ccc(C(C)C)cc3)c2)n1. The maximum absolute atomic E-state index is 12.6. The van der Waals surface area contributed by atoms with Gasteiger partial charge in [-0.05, 0) is 48.7 Å². The van der Waals surface area contributed by atoms with Crippen molar-refractivity contribution in [3.63, 3.8) is 0 Å². The number of aromatic nitrogens is 2. The van der Waals surface area contributed by atoms with E-state index in [1.807, 2.05) is 12.1 Å². The van der Waals surface area contributed by atoms with Crippen LogP contribution in [0.2, 0.25) is 0 Å². The van der Waals surface area contributed by atoms with Gasteiger partial charge in [0.25, 0.3) is 15.9 Å². The van der Waals surface area contributed by atoms with Crippen LogP contribution in [0.3, 0.4) is 0 Å². The molecule has 1 heterocycles. The quantitative estimate of drug-likeness (QED) is 0.747. The highest BCUT2D eigenvalue weighted by atomic mass is 32.2. The minimum atomic E-state index is -3.67. The lowest BCUT2D eigenvalue weighted by atomic mass is 10.0. The molecule has 0 aliphatic carbocycles. The Morgan fingerprint density at radius 1 is 1.08 bits per heavy atom. The molecule has 0 aliphatic rings. The second kappa shape index (κ2) is 6.68. The molecule has 1 N–H and O–H groups in total. The first-order valence-corrected chi connectivity index (χ1v) is 9.37. The Balaban J connectivity index is 1.85. The van der Waals surface area contributed by atoms with Gasteiger partial charge in [0.2, 0.25) is 0 Å². The second-order valence-corrected chi connectivity index (χ2v) is 7.74. The third-order valence-electron chi connectivity index (χ3n) is 3.75. The van der Waals surface area contributed by atoms with Gasteiger partial charge in [-0.3, -0.25) is 4.72 Å². The van der Waals surface area contributed by atoms with E-state index in [4.69, 9.17) is 4.52 Å². The van der Waals surface area contributed by atoms with Crippen molar-refractivity contribution in [3.8, 4) is 11.5 Å². The van der Waals surface area contributed by atoms with Gasteiger partial charge in [0, 0.05) is 11.3 Å². The van der Waals surface area contributed by atoms with E-state index in [1.165, 1.54) is 0 Å². The maximum atomic E-state index is 12.6. The number of benzene rings is 2. The van der Waals surface area contributed by atoms with E-state index in [2.05, 4.69) is 28.7 Å². The summed E-state index contributed by atoms with van der Waals surface area (Å²) < 4.78 is 32.8. The molecule has 7 heteroatoms. The first kappa shape index (κ1) is 17.2. The molecular formula is C18H19N3O3S. The molecular weight excluding hydrogens is 338 g/mol. The van der Waals surface area contributed by atoms with E-state index >= 15 is 0 Å². The van der Waals surface area contributed by atoms with Gasteiger partial charge in [0.05, 0.1) is 4.90 Å². The van der Waals surface area contributed by atoms with Gasteiger partial charge in [-0.25, -0.2) is 8.42 Å². The molecule has 3 rings (SSSR count). The summed E-state index contributed by atoms with van der Waals surface area (Å²) in [5, 5.41) is 3.74. The van der Waals surface area contributed by atoms with Gasteiger partial charge in [0.1, 0.15) is 0 Å². The fourth-order valence-corrected chi connectivity index (χ4v) is 3.43. The zero-order valence-electron chi connectivity index (χ0n) is 14.2. The fraction of sp³-hybridized carbons (Fsp3) is 0.222. The number of aryl methyl sites for hydroxylation is 1. The zero-order valence-corrected chi connectivity index (χ0v) is 15.0. The summed E-state index contributed by atoms with van der Waals surface area (Å²) in [6.45, 7) is 5.85. The van der Waals surface area contributed by atoms with Crippen molar-refractivity contribution in [2.75, 3.05) is 4.72 Å². The third kappa shape index (κ3) is 3.88. The molecule has 0 bridgehead atoms. The Hall–Kier alpha value is -2.67. The molecule has 130 valence electrons. The number of nitrogens with zero attached hydrogens (tertiary/aromatic N) is 2. The van der Waals surface area contributed by atoms with Gasteiger partial charge in [-0.15, -0.1) is 0 Å². The normalized spacial score (nSPS) is 11.7. The van der Waals surface area contributed by atoms with Crippen LogP contribution < -0.4 is 4.72 Å². The Bertz CT molecular complexity index is 977. The average Bonchev–Trinajstić information content (AvgIpc) is 3.01. The Morgan fingerprint density at radius 2 is 1.80 bits per heavy atom. The maximum Gasteiger partial charge on any atom is 0.261 e. The largest absolute Gasteiger partial charge is 0.334 e. The van der Waals surface area contributed by atoms with Crippen LogP contribution in [0.5, 0.6) is 0 Å². The summed E-state index contributed by atoms with van der Waals surface area (Å²) >= 11 is 0. The fourth-order valence-electron chi connectivity index (χ4n) is 2.38. The zero-order chi connectivity index (χ0) is 18.0. The molecule has 0 spiro atoms. The minimum Gasteiger partial charge on any atom is -0.334 e. The Morgan fingerprint density at radius 3 is 2.40 bits per heavy atom. The lowest BCUT2D eigenvalue weighted by Gasteiger charge is -2.10. The Kier molecular flexibility index (Phi) is 4.59.